The maximum atomic E-state index is 12.5. The van der Waals surface area contributed by atoms with E-state index in [4.69, 9.17) is 4.74 Å². The molecule has 0 saturated heterocycles. The quantitative estimate of drug-likeness (QED) is 0.833. The van der Waals surface area contributed by atoms with Crippen molar-refractivity contribution in [2.24, 2.45) is 0 Å². The third-order valence-electron chi connectivity index (χ3n) is 3.41. The number of alkyl halides is 3. The summed E-state index contributed by atoms with van der Waals surface area (Å²) in [7, 11) is 1.79. The number of likely N-dealkylation sites (N-methyl/N-ethyl adjacent to an activating group) is 1. The highest BCUT2D eigenvalue weighted by Gasteiger charge is 2.39. The number of rotatable bonds is 3. The minimum atomic E-state index is -4.26. The molecule has 0 aromatic rings. The van der Waals surface area contributed by atoms with E-state index >= 15 is 0 Å². The Balaban J connectivity index is 2.56. The average Bonchev–Trinajstić information content (AvgIpc) is 2.21. The van der Waals surface area contributed by atoms with Crippen LogP contribution in [-0.4, -0.2) is 31.5 Å². The number of nitrogens with one attached hydrogen (secondary N) is 1. The van der Waals surface area contributed by atoms with Crippen LogP contribution in [0.2, 0.25) is 0 Å². The van der Waals surface area contributed by atoms with Gasteiger partial charge in [-0.15, -0.1) is 0 Å². The SMILES string of the molecule is CNC1CCCCCCC1OC(C)C(F)(F)F. The van der Waals surface area contributed by atoms with Gasteiger partial charge in [-0.05, 0) is 26.8 Å². The molecule has 0 aliphatic heterocycles. The fraction of sp³-hybridized carbons (Fsp3) is 1.00. The minimum Gasteiger partial charge on any atom is -0.364 e. The Labute approximate surface area is 101 Å². The summed E-state index contributed by atoms with van der Waals surface area (Å²) >= 11 is 0. The summed E-state index contributed by atoms with van der Waals surface area (Å²) in [4.78, 5) is 0. The molecule has 1 aliphatic carbocycles. The van der Waals surface area contributed by atoms with Gasteiger partial charge in [-0.25, -0.2) is 0 Å². The molecule has 0 spiro atoms. The number of hydrogen-bond donors (Lipinski definition) is 1. The van der Waals surface area contributed by atoms with Gasteiger partial charge in [0.1, 0.15) is 0 Å². The molecule has 2 nitrogen and oxygen atoms in total. The van der Waals surface area contributed by atoms with Gasteiger partial charge < -0.3 is 10.1 Å². The van der Waals surface area contributed by atoms with Crippen LogP contribution in [0.15, 0.2) is 0 Å². The Hall–Kier alpha value is -0.290. The molecule has 1 fully saturated rings. The molecule has 0 heterocycles. The Kier molecular flexibility index (Phi) is 5.73. The van der Waals surface area contributed by atoms with E-state index in [9.17, 15) is 13.2 Å². The fourth-order valence-corrected chi connectivity index (χ4v) is 2.28. The first-order valence-electron chi connectivity index (χ1n) is 6.34. The summed E-state index contributed by atoms with van der Waals surface area (Å²) in [5.74, 6) is 0. The van der Waals surface area contributed by atoms with E-state index in [1.807, 2.05) is 0 Å². The average molecular weight is 253 g/mol. The molecule has 3 unspecified atom stereocenters. The first-order valence-corrected chi connectivity index (χ1v) is 6.34. The molecular formula is C12H22F3NO. The lowest BCUT2D eigenvalue weighted by molar-refractivity contribution is -0.230. The summed E-state index contributed by atoms with van der Waals surface area (Å²) in [6.45, 7) is 1.09. The van der Waals surface area contributed by atoms with Gasteiger partial charge in [0.25, 0.3) is 0 Å². The first kappa shape index (κ1) is 14.8. The van der Waals surface area contributed by atoms with Crippen molar-refractivity contribution in [3.63, 3.8) is 0 Å². The summed E-state index contributed by atoms with van der Waals surface area (Å²) in [6, 6.07) is 0.0418. The van der Waals surface area contributed by atoms with Crippen LogP contribution in [0.5, 0.6) is 0 Å². The second kappa shape index (κ2) is 6.59. The Morgan fingerprint density at radius 1 is 1.12 bits per heavy atom. The van der Waals surface area contributed by atoms with Gasteiger partial charge >= 0.3 is 6.18 Å². The fourth-order valence-electron chi connectivity index (χ4n) is 2.28. The predicted molar refractivity (Wildman–Crippen MR) is 60.9 cm³/mol. The molecule has 5 heteroatoms. The number of halogens is 3. The van der Waals surface area contributed by atoms with Crippen molar-refractivity contribution in [1.29, 1.82) is 0 Å². The normalized spacial score (nSPS) is 29.5. The van der Waals surface area contributed by atoms with Crippen molar-refractivity contribution in [1.82, 2.24) is 5.32 Å². The Morgan fingerprint density at radius 3 is 2.24 bits per heavy atom. The summed E-state index contributed by atoms with van der Waals surface area (Å²) in [5.41, 5.74) is 0. The highest BCUT2D eigenvalue weighted by Crippen LogP contribution is 2.27. The lowest BCUT2D eigenvalue weighted by atomic mass is 9.94. The molecular weight excluding hydrogens is 231 g/mol. The van der Waals surface area contributed by atoms with E-state index in [0.717, 1.165) is 32.6 Å². The van der Waals surface area contributed by atoms with E-state index in [2.05, 4.69) is 5.32 Å². The van der Waals surface area contributed by atoms with Gasteiger partial charge in [0, 0.05) is 6.04 Å². The third-order valence-corrected chi connectivity index (χ3v) is 3.41. The Morgan fingerprint density at radius 2 is 1.71 bits per heavy atom. The zero-order valence-corrected chi connectivity index (χ0v) is 10.5. The molecule has 0 amide bonds. The molecule has 0 aromatic heterocycles. The summed E-state index contributed by atoms with van der Waals surface area (Å²) in [6.07, 6.45) is -0.381. The second-order valence-electron chi connectivity index (χ2n) is 4.75. The van der Waals surface area contributed by atoms with E-state index in [1.165, 1.54) is 6.42 Å². The van der Waals surface area contributed by atoms with Gasteiger partial charge in [-0.3, -0.25) is 0 Å². The molecule has 3 atom stereocenters. The van der Waals surface area contributed by atoms with Gasteiger partial charge in [-0.2, -0.15) is 13.2 Å². The first-order chi connectivity index (χ1) is 7.95. The lowest BCUT2D eigenvalue weighted by Crippen LogP contribution is -2.44. The maximum Gasteiger partial charge on any atom is 0.414 e. The largest absolute Gasteiger partial charge is 0.414 e. The predicted octanol–water partition coefficient (Wildman–Crippen LogP) is 3.26. The minimum absolute atomic E-state index is 0.0418. The zero-order valence-electron chi connectivity index (χ0n) is 10.5. The van der Waals surface area contributed by atoms with Crippen molar-refractivity contribution in [3.05, 3.63) is 0 Å². The summed E-state index contributed by atoms with van der Waals surface area (Å²) in [5, 5.41) is 3.09. The van der Waals surface area contributed by atoms with Gasteiger partial charge in [-0.1, -0.05) is 25.7 Å². The molecule has 17 heavy (non-hydrogen) atoms. The molecule has 1 aliphatic rings. The molecule has 0 bridgehead atoms. The van der Waals surface area contributed by atoms with Crippen LogP contribution >= 0.6 is 0 Å². The van der Waals surface area contributed by atoms with Crippen LogP contribution in [0.3, 0.4) is 0 Å². The van der Waals surface area contributed by atoms with Crippen molar-refractivity contribution in [2.45, 2.75) is 69.9 Å². The van der Waals surface area contributed by atoms with Crippen LogP contribution in [0, 0.1) is 0 Å². The van der Waals surface area contributed by atoms with Crippen molar-refractivity contribution in [2.75, 3.05) is 7.05 Å². The van der Waals surface area contributed by atoms with Crippen LogP contribution in [-0.2, 0) is 4.74 Å². The van der Waals surface area contributed by atoms with Gasteiger partial charge in [0.2, 0.25) is 0 Å². The molecule has 1 saturated carbocycles. The van der Waals surface area contributed by atoms with Crippen molar-refractivity contribution >= 4 is 0 Å². The highest BCUT2D eigenvalue weighted by atomic mass is 19.4. The van der Waals surface area contributed by atoms with Crippen molar-refractivity contribution < 1.29 is 17.9 Å². The van der Waals surface area contributed by atoms with E-state index < -0.39 is 12.3 Å². The standard InChI is InChI=1S/C12H22F3NO/c1-9(12(13,14)15)17-11-8-6-4-3-5-7-10(11)16-2/h9-11,16H,3-8H2,1-2H3. The molecule has 1 N–H and O–H groups in total. The smallest absolute Gasteiger partial charge is 0.364 e. The summed E-state index contributed by atoms with van der Waals surface area (Å²) < 4.78 is 42.6. The molecule has 1 rings (SSSR count). The second-order valence-corrected chi connectivity index (χ2v) is 4.75. The Bertz CT molecular complexity index is 220. The van der Waals surface area contributed by atoms with Gasteiger partial charge in [0.05, 0.1) is 6.10 Å². The van der Waals surface area contributed by atoms with Gasteiger partial charge in [0.15, 0.2) is 6.10 Å². The van der Waals surface area contributed by atoms with Crippen LogP contribution < -0.4 is 5.32 Å². The maximum absolute atomic E-state index is 12.5. The molecule has 0 radical (unpaired) electrons. The van der Waals surface area contributed by atoms with Crippen LogP contribution in [0.4, 0.5) is 13.2 Å². The molecule has 0 aromatic carbocycles. The lowest BCUT2D eigenvalue weighted by Gasteiger charge is -2.32. The highest BCUT2D eigenvalue weighted by molar-refractivity contribution is 4.80. The zero-order chi connectivity index (χ0) is 12.9. The van der Waals surface area contributed by atoms with Crippen molar-refractivity contribution in [3.8, 4) is 0 Å². The molecule has 102 valence electrons. The third kappa shape index (κ3) is 4.84. The monoisotopic (exact) mass is 253 g/mol. The number of hydrogen-bond acceptors (Lipinski definition) is 2. The van der Waals surface area contributed by atoms with E-state index in [1.54, 1.807) is 7.05 Å². The van der Waals surface area contributed by atoms with Crippen LogP contribution in [0.25, 0.3) is 0 Å². The van der Waals surface area contributed by atoms with E-state index in [-0.39, 0.29) is 12.1 Å². The number of ether oxygens (including phenoxy) is 1. The van der Waals surface area contributed by atoms with E-state index in [0.29, 0.717) is 6.42 Å². The topological polar surface area (TPSA) is 21.3 Å². The van der Waals surface area contributed by atoms with Crippen LogP contribution in [0.1, 0.15) is 45.4 Å².